The normalized spacial score (nSPS) is 16.3. The first kappa shape index (κ1) is 15.0. The number of ketones is 1. The number of carbonyl (C=O) groups excluding carboxylic acids is 2. The molecule has 2 aromatic rings. The number of carboxylic acid groups (broad SMARTS) is 1. The Labute approximate surface area is 133 Å². The minimum absolute atomic E-state index is 0.195. The summed E-state index contributed by atoms with van der Waals surface area (Å²) in [4.78, 5) is 37.6. The Kier molecular flexibility index (Phi) is 3.70. The molecule has 1 unspecified atom stereocenters. The van der Waals surface area contributed by atoms with Crippen molar-refractivity contribution in [2.75, 3.05) is 11.4 Å². The van der Waals surface area contributed by atoms with Gasteiger partial charge in [0.1, 0.15) is 0 Å². The van der Waals surface area contributed by atoms with Crippen molar-refractivity contribution in [2.45, 2.75) is 12.8 Å². The van der Waals surface area contributed by atoms with Gasteiger partial charge in [0.05, 0.1) is 0 Å². The smallest absolute Gasteiger partial charge is 0.320 e. The molecule has 0 bridgehead atoms. The van der Waals surface area contributed by atoms with Gasteiger partial charge in [-0.15, -0.1) is 0 Å². The molecule has 1 atom stereocenters. The van der Waals surface area contributed by atoms with Gasteiger partial charge in [-0.25, -0.2) is 0 Å². The molecule has 0 radical (unpaired) electrons. The predicted molar refractivity (Wildman–Crippen MR) is 84.7 cm³/mol. The van der Waals surface area contributed by atoms with Gasteiger partial charge in [-0.1, -0.05) is 30.3 Å². The van der Waals surface area contributed by atoms with Crippen molar-refractivity contribution in [1.82, 2.24) is 0 Å². The molecule has 0 aromatic heterocycles. The summed E-state index contributed by atoms with van der Waals surface area (Å²) in [6.07, 6.45) is 0. The Balaban J connectivity index is 2.07. The molecular weight excluding hydrogens is 294 g/mol. The fourth-order valence-electron chi connectivity index (χ4n) is 2.90. The number of anilines is 1. The largest absolute Gasteiger partial charge is 0.480 e. The highest BCUT2D eigenvalue weighted by molar-refractivity contribution is 6.17. The minimum atomic E-state index is -1.24. The molecule has 3 rings (SSSR count). The number of hydrogen-bond acceptors (Lipinski definition) is 3. The zero-order chi connectivity index (χ0) is 16.6. The zero-order valence-corrected chi connectivity index (χ0v) is 12.5. The van der Waals surface area contributed by atoms with E-state index in [4.69, 9.17) is 0 Å². The lowest BCUT2D eigenvalue weighted by Crippen LogP contribution is -2.31. The first-order valence-electron chi connectivity index (χ1n) is 7.32. The van der Waals surface area contributed by atoms with Gasteiger partial charge in [0.15, 0.2) is 11.7 Å². The van der Waals surface area contributed by atoms with Gasteiger partial charge in [-0.2, -0.15) is 0 Å². The highest BCUT2D eigenvalue weighted by atomic mass is 16.4. The summed E-state index contributed by atoms with van der Waals surface area (Å²) in [5, 5.41) is 9.36. The van der Waals surface area contributed by atoms with Crippen LogP contribution in [0.4, 0.5) is 5.69 Å². The van der Waals surface area contributed by atoms with E-state index in [2.05, 4.69) is 0 Å². The Morgan fingerprint density at radius 1 is 1.09 bits per heavy atom. The average Bonchev–Trinajstić information content (AvgIpc) is 2.85. The van der Waals surface area contributed by atoms with Gasteiger partial charge in [0, 0.05) is 28.9 Å². The molecule has 23 heavy (non-hydrogen) atoms. The quantitative estimate of drug-likeness (QED) is 0.695. The molecule has 1 aliphatic heterocycles. The van der Waals surface area contributed by atoms with Crippen molar-refractivity contribution >= 4 is 23.3 Å². The average molecular weight is 309 g/mol. The molecule has 0 aliphatic carbocycles. The summed E-state index contributed by atoms with van der Waals surface area (Å²) >= 11 is 0. The SMILES string of the molecule is CCN1C(=O)C(C(=O)O)c2cc(C(=O)c3ccccc3)ccc21. The van der Waals surface area contributed by atoms with Crippen LogP contribution in [-0.2, 0) is 9.59 Å². The molecule has 116 valence electrons. The number of likely N-dealkylation sites (N-methyl/N-ethyl adjacent to an activating group) is 1. The number of nitrogens with zero attached hydrogens (tertiary/aromatic N) is 1. The molecule has 1 N–H and O–H groups in total. The van der Waals surface area contributed by atoms with Crippen molar-refractivity contribution < 1.29 is 19.5 Å². The van der Waals surface area contributed by atoms with Gasteiger partial charge in [0.25, 0.3) is 0 Å². The van der Waals surface area contributed by atoms with Crippen LogP contribution < -0.4 is 4.90 Å². The van der Waals surface area contributed by atoms with E-state index in [0.29, 0.717) is 28.9 Å². The number of carboxylic acids is 1. The second-order valence-electron chi connectivity index (χ2n) is 5.32. The van der Waals surface area contributed by atoms with Gasteiger partial charge in [0.2, 0.25) is 5.91 Å². The Bertz CT molecular complexity index is 798. The first-order chi connectivity index (χ1) is 11.0. The molecule has 0 saturated heterocycles. The van der Waals surface area contributed by atoms with Gasteiger partial charge >= 0.3 is 5.97 Å². The van der Waals surface area contributed by atoms with Gasteiger partial charge in [-0.05, 0) is 25.1 Å². The molecule has 0 spiro atoms. The summed E-state index contributed by atoms with van der Waals surface area (Å²) in [7, 11) is 0. The molecule has 1 amide bonds. The molecule has 1 heterocycles. The van der Waals surface area contributed by atoms with Crippen LogP contribution in [0.2, 0.25) is 0 Å². The van der Waals surface area contributed by atoms with Crippen LogP contribution in [0.15, 0.2) is 48.5 Å². The number of hydrogen-bond donors (Lipinski definition) is 1. The maximum absolute atomic E-state index is 12.5. The second-order valence-corrected chi connectivity index (χ2v) is 5.32. The van der Waals surface area contributed by atoms with Crippen LogP contribution in [0.25, 0.3) is 0 Å². The lowest BCUT2D eigenvalue weighted by Gasteiger charge is -2.14. The molecule has 1 aliphatic rings. The third-order valence-corrected chi connectivity index (χ3v) is 4.00. The van der Waals surface area contributed by atoms with E-state index in [9.17, 15) is 19.5 Å². The van der Waals surface area contributed by atoms with Crippen molar-refractivity contribution in [2.24, 2.45) is 0 Å². The van der Waals surface area contributed by atoms with Crippen LogP contribution >= 0.6 is 0 Å². The van der Waals surface area contributed by atoms with E-state index < -0.39 is 17.8 Å². The number of aliphatic carboxylic acids is 1. The standard InChI is InChI=1S/C18H15NO4/c1-2-19-14-9-8-12(16(20)11-6-4-3-5-7-11)10-13(14)15(17(19)21)18(22)23/h3-10,15H,2H2,1H3,(H,22,23). The minimum Gasteiger partial charge on any atom is -0.480 e. The van der Waals surface area contributed by atoms with Crippen molar-refractivity contribution in [3.05, 3.63) is 65.2 Å². The first-order valence-corrected chi connectivity index (χ1v) is 7.32. The topological polar surface area (TPSA) is 74.7 Å². The van der Waals surface area contributed by atoms with Gasteiger partial charge < -0.3 is 10.0 Å². The molecule has 2 aromatic carbocycles. The lowest BCUT2D eigenvalue weighted by molar-refractivity contribution is -0.142. The number of rotatable bonds is 4. The molecule has 0 saturated carbocycles. The summed E-state index contributed by atoms with van der Waals surface area (Å²) < 4.78 is 0. The van der Waals surface area contributed by atoms with E-state index in [1.165, 1.54) is 11.0 Å². The summed E-state index contributed by atoms with van der Waals surface area (Å²) in [6.45, 7) is 2.18. The Morgan fingerprint density at radius 2 is 1.78 bits per heavy atom. The maximum Gasteiger partial charge on any atom is 0.320 e. The number of carbonyl (C=O) groups is 3. The highest BCUT2D eigenvalue weighted by Gasteiger charge is 2.41. The molecule has 5 heteroatoms. The lowest BCUT2D eigenvalue weighted by atomic mass is 9.95. The molecule has 5 nitrogen and oxygen atoms in total. The zero-order valence-electron chi connectivity index (χ0n) is 12.5. The van der Waals surface area contributed by atoms with Crippen LogP contribution in [0.1, 0.15) is 34.3 Å². The fourth-order valence-corrected chi connectivity index (χ4v) is 2.90. The van der Waals surface area contributed by atoms with Gasteiger partial charge in [-0.3, -0.25) is 14.4 Å². The van der Waals surface area contributed by atoms with E-state index in [1.54, 1.807) is 43.3 Å². The van der Waals surface area contributed by atoms with E-state index in [0.717, 1.165) is 0 Å². The number of fused-ring (bicyclic) bond motifs is 1. The molecule has 0 fully saturated rings. The monoisotopic (exact) mass is 309 g/mol. The summed E-state index contributed by atoms with van der Waals surface area (Å²) in [5.41, 5.74) is 1.85. The van der Waals surface area contributed by atoms with E-state index in [1.807, 2.05) is 6.07 Å². The van der Waals surface area contributed by atoms with E-state index >= 15 is 0 Å². The van der Waals surface area contributed by atoms with Crippen LogP contribution in [-0.4, -0.2) is 29.3 Å². The maximum atomic E-state index is 12.5. The summed E-state index contributed by atoms with van der Waals surface area (Å²) in [6, 6.07) is 13.6. The third kappa shape index (κ3) is 2.40. The highest BCUT2D eigenvalue weighted by Crippen LogP contribution is 2.38. The molecular formula is C18H15NO4. The van der Waals surface area contributed by atoms with Crippen LogP contribution in [0.5, 0.6) is 0 Å². The Morgan fingerprint density at radius 3 is 2.39 bits per heavy atom. The Hall–Kier alpha value is -2.95. The van der Waals surface area contributed by atoms with Crippen molar-refractivity contribution in [1.29, 1.82) is 0 Å². The summed E-state index contributed by atoms with van der Waals surface area (Å²) in [5.74, 6) is -3.09. The number of benzene rings is 2. The van der Waals surface area contributed by atoms with E-state index in [-0.39, 0.29) is 5.78 Å². The number of amides is 1. The van der Waals surface area contributed by atoms with Crippen molar-refractivity contribution in [3.63, 3.8) is 0 Å². The third-order valence-electron chi connectivity index (χ3n) is 4.00. The van der Waals surface area contributed by atoms with Crippen LogP contribution in [0, 0.1) is 0 Å². The fraction of sp³-hybridized carbons (Fsp3) is 0.167. The second kappa shape index (κ2) is 5.68. The van der Waals surface area contributed by atoms with Crippen molar-refractivity contribution in [3.8, 4) is 0 Å². The van der Waals surface area contributed by atoms with Crippen LogP contribution in [0.3, 0.4) is 0 Å². The predicted octanol–water partition coefficient (Wildman–Crippen LogP) is 2.45.